The van der Waals surface area contributed by atoms with Crippen molar-refractivity contribution in [2.75, 3.05) is 47.8 Å². The second-order valence-corrected chi connectivity index (χ2v) is 9.43. The van der Waals surface area contributed by atoms with Gasteiger partial charge in [0.05, 0.1) is 34.6 Å². The first kappa shape index (κ1) is 23.4. The molecule has 0 aromatic heterocycles. The van der Waals surface area contributed by atoms with E-state index in [1.54, 1.807) is 24.3 Å². The molecule has 2 N–H and O–H groups in total. The number of hydrogen-bond donors (Lipinski definition) is 2. The van der Waals surface area contributed by atoms with Crippen molar-refractivity contribution < 1.29 is 27.4 Å². The molecule has 0 spiro atoms. The lowest BCUT2D eigenvalue weighted by Crippen LogP contribution is -2.47. The number of nitrogens with zero attached hydrogens (tertiary/aromatic N) is 2. The minimum Gasteiger partial charge on any atom is -0.497 e. The molecule has 4 rings (SSSR count). The van der Waals surface area contributed by atoms with Crippen LogP contribution in [0.3, 0.4) is 0 Å². The van der Waals surface area contributed by atoms with Crippen LogP contribution in [0.25, 0.3) is 0 Å². The maximum Gasteiger partial charge on any atom is 0.335 e. The zero-order valence-corrected chi connectivity index (χ0v) is 19.3. The molecule has 0 amide bonds. The van der Waals surface area contributed by atoms with Gasteiger partial charge < -0.3 is 19.6 Å². The number of para-hydroxylation sites is 1. The van der Waals surface area contributed by atoms with E-state index in [-0.39, 0.29) is 22.0 Å². The van der Waals surface area contributed by atoms with Crippen LogP contribution in [0.15, 0.2) is 71.6 Å². The quantitative estimate of drug-likeness (QED) is 0.527. The highest BCUT2D eigenvalue weighted by molar-refractivity contribution is 7.92. The number of sulfonamides is 1. The molecule has 3 aromatic rings. The average molecular weight is 486 g/mol. The maximum absolute atomic E-state index is 14.2. The lowest BCUT2D eigenvalue weighted by Gasteiger charge is -2.38. The molecular formula is C24H24FN3O5S. The fraction of sp³-hybridized carbons (Fsp3) is 0.208. The van der Waals surface area contributed by atoms with Crippen molar-refractivity contribution in [2.45, 2.75) is 4.90 Å². The fourth-order valence-corrected chi connectivity index (χ4v) is 4.95. The smallest absolute Gasteiger partial charge is 0.335 e. The largest absolute Gasteiger partial charge is 0.497 e. The van der Waals surface area contributed by atoms with E-state index in [4.69, 9.17) is 4.74 Å². The molecule has 8 nitrogen and oxygen atoms in total. The summed E-state index contributed by atoms with van der Waals surface area (Å²) < 4.78 is 47.8. The van der Waals surface area contributed by atoms with Gasteiger partial charge in [0.15, 0.2) is 0 Å². The highest BCUT2D eigenvalue weighted by Crippen LogP contribution is 2.32. The molecule has 1 heterocycles. The highest BCUT2D eigenvalue weighted by Gasteiger charge is 2.24. The van der Waals surface area contributed by atoms with Crippen molar-refractivity contribution in [2.24, 2.45) is 0 Å². The second kappa shape index (κ2) is 9.60. The van der Waals surface area contributed by atoms with Crippen LogP contribution in [0.5, 0.6) is 5.75 Å². The number of rotatable bonds is 7. The predicted octanol–water partition coefficient (Wildman–Crippen LogP) is 3.66. The van der Waals surface area contributed by atoms with E-state index in [1.807, 2.05) is 9.80 Å². The van der Waals surface area contributed by atoms with Gasteiger partial charge in [0.1, 0.15) is 11.6 Å². The number of nitrogens with one attached hydrogen (secondary N) is 1. The van der Waals surface area contributed by atoms with Crippen molar-refractivity contribution in [1.29, 1.82) is 0 Å². The van der Waals surface area contributed by atoms with Gasteiger partial charge >= 0.3 is 5.97 Å². The summed E-state index contributed by atoms with van der Waals surface area (Å²) >= 11 is 0. The lowest BCUT2D eigenvalue weighted by molar-refractivity contribution is 0.0697. The summed E-state index contributed by atoms with van der Waals surface area (Å²) in [6, 6.07) is 16.8. The van der Waals surface area contributed by atoms with E-state index in [9.17, 15) is 22.7 Å². The molecule has 3 aromatic carbocycles. The highest BCUT2D eigenvalue weighted by atomic mass is 32.2. The number of methoxy groups -OCH3 is 1. The third-order valence-electron chi connectivity index (χ3n) is 5.67. The van der Waals surface area contributed by atoms with Crippen LogP contribution in [0.4, 0.5) is 21.5 Å². The molecule has 0 bridgehead atoms. The second-order valence-electron chi connectivity index (χ2n) is 7.74. The first-order valence-electron chi connectivity index (χ1n) is 10.6. The number of hydrogen-bond acceptors (Lipinski definition) is 6. The Kier molecular flexibility index (Phi) is 6.60. The van der Waals surface area contributed by atoms with Crippen LogP contribution in [-0.4, -0.2) is 52.8 Å². The van der Waals surface area contributed by atoms with Gasteiger partial charge in [-0.2, -0.15) is 0 Å². The summed E-state index contributed by atoms with van der Waals surface area (Å²) in [5, 5.41) is 9.42. The molecule has 0 aliphatic carbocycles. The summed E-state index contributed by atoms with van der Waals surface area (Å²) in [7, 11) is -2.50. The lowest BCUT2D eigenvalue weighted by atomic mass is 10.1. The van der Waals surface area contributed by atoms with Gasteiger partial charge in [0.25, 0.3) is 10.0 Å². The van der Waals surface area contributed by atoms with Crippen LogP contribution < -0.4 is 19.3 Å². The third-order valence-corrected chi connectivity index (χ3v) is 7.05. The van der Waals surface area contributed by atoms with E-state index in [2.05, 4.69) is 4.72 Å². The molecule has 1 aliphatic rings. The van der Waals surface area contributed by atoms with Crippen molar-refractivity contribution in [3.63, 3.8) is 0 Å². The molecule has 34 heavy (non-hydrogen) atoms. The van der Waals surface area contributed by atoms with Crippen molar-refractivity contribution in [3.05, 3.63) is 78.1 Å². The first-order valence-corrected chi connectivity index (χ1v) is 12.1. The Labute approximate surface area is 197 Å². The van der Waals surface area contributed by atoms with Gasteiger partial charge in [-0.1, -0.05) is 12.1 Å². The molecule has 0 radical (unpaired) electrons. The standard InChI is InChI=1S/C24H24FN3O5S/c1-33-18-7-9-19(10-8-18)34(31,32)26-21-16-17(24(29)30)6-11-23(21)28-14-12-27(13-15-28)22-5-3-2-4-20(22)25/h2-11,16,26H,12-15H2,1H3,(H,29,30). The summed E-state index contributed by atoms with van der Waals surface area (Å²) in [4.78, 5) is 15.4. The van der Waals surface area contributed by atoms with Crippen LogP contribution in [-0.2, 0) is 10.0 Å². The normalized spacial score (nSPS) is 14.1. The number of halogens is 1. The Bertz CT molecular complexity index is 1290. The summed E-state index contributed by atoms with van der Waals surface area (Å²) in [6.45, 7) is 2.04. The number of anilines is 3. The van der Waals surface area contributed by atoms with Crippen LogP contribution in [0.2, 0.25) is 0 Å². The number of aromatic carboxylic acids is 1. The zero-order valence-electron chi connectivity index (χ0n) is 18.4. The molecule has 0 atom stereocenters. The van der Waals surface area contributed by atoms with E-state index in [0.29, 0.717) is 43.3 Å². The molecule has 178 valence electrons. The number of carboxylic acid groups (broad SMARTS) is 1. The van der Waals surface area contributed by atoms with Gasteiger partial charge in [-0.15, -0.1) is 0 Å². The molecule has 1 aliphatic heterocycles. The van der Waals surface area contributed by atoms with Crippen LogP contribution in [0, 0.1) is 5.82 Å². The monoisotopic (exact) mass is 485 g/mol. The Balaban J connectivity index is 1.60. The van der Waals surface area contributed by atoms with Gasteiger partial charge in [0.2, 0.25) is 0 Å². The van der Waals surface area contributed by atoms with E-state index in [1.165, 1.54) is 49.6 Å². The van der Waals surface area contributed by atoms with Crippen molar-refractivity contribution in [1.82, 2.24) is 0 Å². The minimum atomic E-state index is -3.99. The Morgan fingerprint density at radius 3 is 2.15 bits per heavy atom. The summed E-state index contributed by atoms with van der Waals surface area (Å²) in [6.07, 6.45) is 0. The van der Waals surface area contributed by atoms with Crippen molar-refractivity contribution in [3.8, 4) is 5.75 Å². The molecular weight excluding hydrogens is 461 g/mol. The van der Waals surface area contributed by atoms with Crippen LogP contribution >= 0.6 is 0 Å². The number of piperazine rings is 1. The van der Waals surface area contributed by atoms with Gasteiger partial charge in [0, 0.05) is 26.2 Å². The molecule has 1 saturated heterocycles. The third kappa shape index (κ3) is 4.91. The zero-order chi connectivity index (χ0) is 24.3. The van der Waals surface area contributed by atoms with Gasteiger partial charge in [-0.05, 0) is 54.6 Å². The number of benzene rings is 3. The number of ether oxygens (including phenoxy) is 1. The van der Waals surface area contributed by atoms with Gasteiger partial charge in [-0.3, -0.25) is 4.72 Å². The molecule has 1 fully saturated rings. The molecule has 10 heteroatoms. The molecule has 0 unspecified atom stereocenters. The van der Waals surface area contributed by atoms with E-state index in [0.717, 1.165) is 0 Å². The fourth-order valence-electron chi connectivity index (χ4n) is 3.88. The Hall–Kier alpha value is -3.79. The number of carbonyl (C=O) groups is 1. The Morgan fingerprint density at radius 1 is 0.941 bits per heavy atom. The van der Waals surface area contributed by atoms with E-state index < -0.39 is 16.0 Å². The Morgan fingerprint density at radius 2 is 1.56 bits per heavy atom. The number of carboxylic acids is 1. The predicted molar refractivity (Wildman–Crippen MR) is 128 cm³/mol. The first-order chi connectivity index (χ1) is 16.3. The van der Waals surface area contributed by atoms with Crippen molar-refractivity contribution >= 4 is 33.1 Å². The van der Waals surface area contributed by atoms with Crippen LogP contribution in [0.1, 0.15) is 10.4 Å². The minimum absolute atomic E-state index is 0.0179. The van der Waals surface area contributed by atoms with E-state index >= 15 is 0 Å². The maximum atomic E-state index is 14.2. The SMILES string of the molecule is COc1ccc(S(=O)(=O)Nc2cc(C(=O)O)ccc2N2CCN(c3ccccc3F)CC2)cc1. The summed E-state index contributed by atoms with van der Waals surface area (Å²) in [5.74, 6) is -0.948. The average Bonchev–Trinajstić information content (AvgIpc) is 2.84. The van der Waals surface area contributed by atoms with Gasteiger partial charge in [-0.25, -0.2) is 17.6 Å². The summed E-state index contributed by atoms with van der Waals surface area (Å²) in [5.41, 5.74) is 1.19. The molecule has 0 saturated carbocycles. The topological polar surface area (TPSA) is 99.2 Å².